The number of nitrogens with one attached hydrogen (secondary N) is 3. The van der Waals surface area contributed by atoms with Crippen molar-refractivity contribution in [2.24, 2.45) is 11.5 Å². The average Bonchev–Trinajstić information content (AvgIpc) is 2.80. The van der Waals surface area contributed by atoms with Crippen molar-refractivity contribution < 1.29 is 44.1 Å². The van der Waals surface area contributed by atoms with E-state index in [0.717, 1.165) is 0 Å². The minimum absolute atomic E-state index is 0.0246. The number of nitrogens with two attached hydrogens (primary N) is 2. The molecule has 0 radical (unpaired) electrons. The molecule has 0 fully saturated rings. The summed E-state index contributed by atoms with van der Waals surface area (Å²) in [7, 11) is 0. The molecule has 0 spiro atoms. The van der Waals surface area contributed by atoms with Gasteiger partial charge in [-0.2, -0.15) is 12.6 Å². The molecule has 1 aromatic rings. The van der Waals surface area contributed by atoms with E-state index in [4.69, 9.17) is 16.6 Å². The number of carbonyl (C=O) groups excluding carboxylic acids is 4. The van der Waals surface area contributed by atoms with E-state index in [2.05, 4.69) is 23.3 Å². The Morgan fingerprint density at radius 1 is 0.861 bits per heavy atom. The molecule has 4 atom stereocenters. The minimum Gasteiger partial charge on any atom is -0.508 e. The third-order valence-corrected chi connectivity index (χ3v) is 5.24. The van der Waals surface area contributed by atoms with E-state index in [-0.39, 0.29) is 30.8 Å². The third kappa shape index (κ3) is 10.6. The zero-order chi connectivity index (χ0) is 27.4. The monoisotopic (exact) mass is 527 g/mol. The topological polar surface area (TPSA) is 251 Å². The van der Waals surface area contributed by atoms with Crippen molar-refractivity contribution in [2.45, 2.75) is 49.9 Å². The maximum atomic E-state index is 13.1. The van der Waals surface area contributed by atoms with Crippen LogP contribution < -0.4 is 27.4 Å². The molecule has 0 aliphatic heterocycles. The molecule has 1 rings (SSSR count). The number of rotatable bonds is 15. The molecule has 15 heteroatoms. The second kappa shape index (κ2) is 14.5. The summed E-state index contributed by atoms with van der Waals surface area (Å²) in [5.41, 5.74) is 11.3. The van der Waals surface area contributed by atoms with Crippen LogP contribution in [0.2, 0.25) is 0 Å². The normalized spacial score (nSPS) is 13.9. The number of carboxylic acids is 2. The molecule has 10 N–H and O–H groups in total. The van der Waals surface area contributed by atoms with Crippen LogP contribution in [0.1, 0.15) is 24.8 Å². The highest BCUT2D eigenvalue weighted by Crippen LogP contribution is 2.12. The van der Waals surface area contributed by atoms with Gasteiger partial charge in [-0.15, -0.1) is 0 Å². The Kier molecular flexibility index (Phi) is 12.2. The SMILES string of the molecule is NC(=O)CCC(NC(=O)C(Cc1ccc(O)cc1)NC(=O)C(N)CS)C(=O)NC(CC(=O)O)C(=O)O. The zero-order valence-corrected chi connectivity index (χ0v) is 19.9. The summed E-state index contributed by atoms with van der Waals surface area (Å²) in [4.78, 5) is 71.6. The van der Waals surface area contributed by atoms with Gasteiger partial charge in [0, 0.05) is 18.6 Å². The average molecular weight is 528 g/mol. The van der Waals surface area contributed by atoms with Gasteiger partial charge >= 0.3 is 11.9 Å². The smallest absolute Gasteiger partial charge is 0.326 e. The molecule has 0 saturated heterocycles. The third-order valence-electron chi connectivity index (χ3n) is 4.85. The van der Waals surface area contributed by atoms with Crippen LogP contribution in [0.4, 0.5) is 0 Å². The molecule has 0 aliphatic rings. The molecule has 1 aromatic carbocycles. The van der Waals surface area contributed by atoms with Crippen LogP contribution in [0.5, 0.6) is 5.75 Å². The molecule has 4 unspecified atom stereocenters. The summed E-state index contributed by atoms with van der Waals surface area (Å²) in [6.07, 6.45) is -1.71. The standard InChI is InChI=1S/C21H29N5O9S/c22-12(9-36)18(31)25-14(7-10-1-3-11(27)4-2-10)20(33)24-13(5-6-16(23)28)19(32)26-15(21(34)35)8-17(29)30/h1-4,12-15,27,36H,5-9,22H2,(H2,23,28)(H,24,33)(H,25,31)(H,26,32)(H,29,30)(H,34,35). The van der Waals surface area contributed by atoms with Gasteiger partial charge in [0.1, 0.15) is 23.9 Å². The lowest BCUT2D eigenvalue weighted by molar-refractivity contribution is -0.147. The van der Waals surface area contributed by atoms with E-state index in [9.17, 15) is 39.0 Å². The van der Waals surface area contributed by atoms with E-state index in [0.29, 0.717) is 5.56 Å². The first-order chi connectivity index (χ1) is 16.8. The highest BCUT2D eigenvalue weighted by atomic mass is 32.1. The van der Waals surface area contributed by atoms with Crippen molar-refractivity contribution in [1.29, 1.82) is 0 Å². The number of aromatic hydroxyl groups is 1. The van der Waals surface area contributed by atoms with Crippen LogP contribution in [0.15, 0.2) is 24.3 Å². The predicted octanol–water partition coefficient (Wildman–Crippen LogP) is -2.53. The van der Waals surface area contributed by atoms with Crippen LogP contribution in [-0.2, 0) is 35.2 Å². The maximum absolute atomic E-state index is 13.1. The Morgan fingerprint density at radius 2 is 1.39 bits per heavy atom. The fraction of sp³-hybridized carbons (Fsp3) is 0.429. The number of hydrogen-bond acceptors (Lipinski definition) is 9. The molecular formula is C21H29N5O9S. The molecule has 14 nitrogen and oxygen atoms in total. The van der Waals surface area contributed by atoms with Crippen LogP contribution in [0, 0.1) is 0 Å². The maximum Gasteiger partial charge on any atom is 0.326 e. The molecule has 0 heterocycles. The molecule has 4 amide bonds. The zero-order valence-electron chi connectivity index (χ0n) is 19.0. The van der Waals surface area contributed by atoms with Crippen LogP contribution in [0.3, 0.4) is 0 Å². The van der Waals surface area contributed by atoms with Gasteiger partial charge in [-0.05, 0) is 24.1 Å². The predicted molar refractivity (Wildman–Crippen MR) is 128 cm³/mol. The van der Waals surface area contributed by atoms with Crippen LogP contribution >= 0.6 is 12.6 Å². The number of benzene rings is 1. The first kappa shape index (κ1) is 30.2. The lowest BCUT2D eigenvalue weighted by atomic mass is 10.0. The molecule has 198 valence electrons. The quantitative estimate of drug-likeness (QED) is 0.108. The van der Waals surface area contributed by atoms with Crippen molar-refractivity contribution in [3.8, 4) is 5.75 Å². The first-order valence-electron chi connectivity index (χ1n) is 10.6. The van der Waals surface area contributed by atoms with Crippen molar-refractivity contribution >= 4 is 48.2 Å². The summed E-state index contributed by atoms with van der Waals surface area (Å²) in [5, 5.41) is 34.3. The number of phenols is 1. The lowest BCUT2D eigenvalue weighted by Gasteiger charge is -2.25. The molecule has 0 saturated carbocycles. The summed E-state index contributed by atoms with van der Waals surface area (Å²) < 4.78 is 0. The summed E-state index contributed by atoms with van der Waals surface area (Å²) in [5.74, 6) is -6.63. The van der Waals surface area contributed by atoms with Crippen molar-refractivity contribution in [1.82, 2.24) is 16.0 Å². The summed E-state index contributed by atoms with van der Waals surface area (Å²) >= 11 is 3.94. The molecular weight excluding hydrogens is 498 g/mol. The van der Waals surface area contributed by atoms with E-state index >= 15 is 0 Å². The largest absolute Gasteiger partial charge is 0.508 e. The number of phenolic OH excluding ortho intramolecular Hbond substituents is 1. The van der Waals surface area contributed by atoms with E-state index in [1.54, 1.807) is 0 Å². The Morgan fingerprint density at radius 3 is 1.89 bits per heavy atom. The van der Waals surface area contributed by atoms with Crippen LogP contribution in [-0.4, -0.2) is 80.8 Å². The van der Waals surface area contributed by atoms with Crippen LogP contribution in [0.25, 0.3) is 0 Å². The van der Waals surface area contributed by atoms with E-state index in [1.165, 1.54) is 24.3 Å². The van der Waals surface area contributed by atoms with Crippen molar-refractivity contribution in [2.75, 3.05) is 5.75 Å². The van der Waals surface area contributed by atoms with E-state index in [1.807, 2.05) is 5.32 Å². The van der Waals surface area contributed by atoms with Gasteiger partial charge in [0.2, 0.25) is 23.6 Å². The number of hydrogen-bond donors (Lipinski definition) is 9. The molecule has 36 heavy (non-hydrogen) atoms. The number of thiol groups is 1. The van der Waals surface area contributed by atoms with Crippen molar-refractivity contribution in [3.05, 3.63) is 29.8 Å². The Hall–Kier alpha value is -3.85. The number of amides is 4. The van der Waals surface area contributed by atoms with Gasteiger partial charge in [-0.3, -0.25) is 24.0 Å². The Bertz CT molecular complexity index is 973. The van der Waals surface area contributed by atoms with Gasteiger partial charge in [-0.25, -0.2) is 4.79 Å². The lowest BCUT2D eigenvalue weighted by Crippen LogP contribution is -2.58. The first-order valence-corrected chi connectivity index (χ1v) is 11.3. The Labute approximate surface area is 211 Å². The van der Waals surface area contributed by atoms with Gasteiger partial charge < -0.3 is 42.7 Å². The summed E-state index contributed by atoms with van der Waals surface area (Å²) in [6.45, 7) is 0. The second-order valence-electron chi connectivity index (χ2n) is 7.78. The fourth-order valence-corrected chi connectivity index (χ4v) is 3.08. The number of carbonyl (C=O) groups is 6. The Balaban J connectivity index is 3.15. The highest BCUT2D eigenvalue weighted by molar-refractivity contribution is 7.80. The fourth-order valence-electron chi connectivity index (χ4n) is 2.91. The van der Waals surface area contributed by atoms with Crippen molar-refractivity contribution in [3.63, 3.8) is 0 Å². The van der Waals surface area contributed by atoms with Gasteiger partial charge in [0.15, 0.2) is 0 Å². The van der Waals surface area contributed by atoms with Gasteiger partial charge in [0.05, 0.1) is 12.5 Å². The number of primary amides is 1. The number of aliphatic carboxylic acids is 2. The summed E-state index contributed by atoms with van der Waals surface area (Å²) in [6, 6.07) is 0.118. The molecule has 0 aliphatic carbocycles. The van der Waals surface area contributed by atoms with Gasteiger partial charge in [0.25, 0.3) is 0 Å². The molecule has 0 aromatic heterocycles. The minimum atomic E-state index is -1.80. The highest BCUT2D eigenvalue weighted by Gasteiger charge is 2.31. The second-order valence-corrected chi connectivity index (χ2v) is 8.15. The number of carboxylic acid groups (broad SMARTS) is 2. The molecule has 0 bridgehead atoms. The van der Waals surface area contributed by atoms with Gasteiger partial charge in [-0.1, -0.05) is 12.1 Å². The van der Waals surface area contributed by atoms with E-state index < -0.39 is 66.2 Å².